The number of hydrogen-bond acceptors (Lipinski definition) is 4. The van der Waals surface area contributed by atoms with Crippen LogP contribution in [0.3, 0.4) is 0 Å². The van der Waals surface area contributed by atoms with Crippen molar-refractivity contribution in [3.05, 3.63) is 53.6 Å². The predicted molar refractivity (Wildman–Crippen MR) is 88.7 cm³/mol. The second-order valence-corrected chi connectivity index (χ2v) is 5.47. The third-order valence-corrected chi connectivity index (χ3v) is 3.82. The molecule has 0 amide bonds. The minimum Gasteiger partial charge on any atom is -0.490 e. The van der Waals surface area contributed by atoms with Gasteiger partial charge in [-0.2, -0.15) is 0 Å². The van der Waals surface area contributed by atoms with Crippen molar-refractivity contribution < 1.29 is 9.53 Å². The Kier molecular flexibility index (Phi) is 4.00. The minimum absolute atomic E-state index is 0.0358. The zero-order valence-corrected chi connectivity index (χ0v) is 12.7. The molecule has 0 fully saturated rings. The summed E-state index contributed by atoms with van der Waals surface area (Å²) in [5, 5.41) is 0. The number of ketones is 1. The normalized spacial score (nSPS) is 13.4. The summed E-state index contributed by atoms with van der Waals surface area (Å²) in [7, 11) is 0. The maximum atomic E-state index is 12.6. The van der Waals surface area contributed by atoms with Gasteiger partial charge in [-0.3, -0.25) is 4.79 Å². The quantitative estimate of drug-likeness (QED) is 0.696. The van der Waals surface area contributed by atoms with E-state index in [0.29, 0.717) is 23.4 Å². The van der Waals surface area contributed by atoms with E-state index in [4.69, 9.17) is 10.5 Å². The molecule has 0 radical (unpaired) electrons. The second kappa shape index (κ2) is 6.10. The summed E-state index contributed by atoms with van der Waals surface area (Å²) in [5.74, 6) is 0.751. The molecular weight excluding hydrogens is 276 g/mol. The van der Waals surface area contributed by atoms with Crippen molar-refractivity contribution in [2.45, 2.75) is 13.3 Å². The molecule has 114 valence electrons. The molecule has 0 unspecified atom stereocenters. The molecule has 0 bridgehead atoms. The van der Waals surface area contributed by atoms with Gasteiger partial charge in [0.05, 0.1) is 12.2 Å². The minimum atomic E-state index is -0.0358. The summed E-state index contributed by atoms with van der Waals surface area (Å²) in [6.45, 7) is 4.71. The molecule has 0 aliphatic carbocycles. The van der Waals surface area contributed by atoms with Crippen LogP contribution >= 0.6 is 0 Å². The Morgan fingerprint density at radius 2 is 2.05 bits per heavy atom. The average Bonchev–Trinajstić information content (AvgIpc) is 2.54. The number of rotatable bonds is 4. The summed E-state index contributed by atoms with van der Waals surface area (Å²) < 4.78 is 5.73. The highest BCUT2D eigenvalue weighted by molar-refractivity contribution is 6.09. The lowest BCUT2D eigenvalue weighted by Crippen LogP contribution is -2.33. The molecule has 1 aliphatic heterocycles. The molecule has 2 N–H and O–H groups in total. The molecule has 22 heavy (non-hydrogen) atoms. The van der Waals surface area contributed by atoms with E-state index in [2.05, 4.69) is 11.8 Å². The van der Waals surface area contributed by atoms with Crippen molar-refractivity contribution in [1.82, 2.24) is 0 Å². The van der Waals surface area contributed by atoms with Gasteiger partial charge in [0, 0.05) is 23.4 Å². The lowest BCUT2D eigenvalue weighted by atomic mass is 10.0. The highest BCUT2D eigenvalue weighted by Gasteiger charge is 2.19. The molecule has 0 saturated carbocycles. The molecule has 4 heteroatoms. The smallest absolute Gasteiger partial charge is 0.193 e. The van der Waals surface area contributed by atoms with Gasteiger partial charge in [-0.05, 0) is 36.8 Å². The Bertz CT molecular complexity index is 697. The Labute approximate surface area is 130 Å². The van der Waals surface area contributed by atoms with E-state index in [1.54, 1.807) is 24.3 Å². The summed E-state index contributed by atoms with van der Waals surface area (Å²) in [6.07, 6.45) is 1.09. The van der Waals surface area contributed by atoms with Gasteiger partial charge in [0.15, 0.2) is 5.78 Å². The van der Waals surface area contributed by atoms with Crippen LogP contribution in [0.4, 0.5) is 11.4 Å². The van der Waals surface area contributed by atoms with Gasteiger partial charge < -0.3 is 15.4 Å². The molecule has 2 aromatic rings. The number of nitrogen functional groups attached to an aromatic ring is 1. The van der Waals surface area contributed by atoms with Crippen LogP contribution in [-0.2, 0) is 0 Å². The fourth-order valence-corrected chi connectivity index (χ4v) is 2.77. The Hall–Kier alpha value is -2.49. The molecule has 0 aromatic heterocycles. The molecular formula is C18H20N2O2. The monoisotopic (exact) mass is 296 g/mol. The summed E-state index contributed by atoms with van der Waals surface area (Å²) in [6, 6.07) is 12.7. The number of carbonyl (C=O) groups excluding carboxylic acids is 1. The first kappa shape index (κ1) is 14.4. The molecule has 1 aliphatic rings. The van der Waals surface area contributed by atoms with Gasteiger partial charge in [-0.15, -0.1) is 0 Å². The maximum absolute atomic E-state index is 12.6. The molecule has 1 heterocycles. The zero-order chi connectivity index (χ0) is 15.5. The number of nitrogens with zero attached hydrogens (tertiary/aromatic N) is 1. The third kappa shape index (κ3) is 2.77. The van der Waals surface area contributed by atoms with Crippen molar-refractivity contribution in [2.24, 2.45) is 0 Å². The molecule has 3 rings (SSSR count). The highest BCUT2D eigenvalue weighted by Crippen LogP contribution is 2.33. The topological polar surface area (TPSA) is 55.6 Å². The highest BCUT2D eigenvalue weighted by atomic mass is 16.5. The van der Waals surface area contributed by atoms with Crippen molar-refractivity contribution in [3.8, 4) is 5.75 Å². The SMILES string of the molecule is CCCN1CCOc2cc(C(=O)c3cccc(N)c3)ccc21. The van der Waals surface area contributed by atoms with Crippen molar-refractivity contribution in [3.63, 3.8) is 0 Å². The summed E-state index contributed by atoms with van der Waals surface area (Å²) in [4.78, 5) is 14.9. The van der Waals surface area contributed by atoms with E-state index in [1.807, 2.05) is 18.2 Å². The number of nitrogens with two attached hydrogens (primary N) is 1. The number of anilines is 2. The first-order chi connectivity index (χ1) is 10.7. The number of benzene rings is 2. The second-order valence-electron chi connectivity index (χ2n) is 5.47. The first-order valence-corrected chi connectivity index (χ1v) is 7.61. The van der Waals surface area contributed by atoms with Crippen LogP contribution in [0.1, 0.15) is 29.3 Å². The molecule has 4 nitrogen and oxygen atoms in total. The van der Waals surface area contributed by atoms with Crippen molar-refractivity contribution in [2.75, 3.05) is 30.3 Å². The average molecular weight is 296 g/mol. The lowest BCUT2D eigenvalue weighted by molar-refractivity contribution is 0.103. The van der Waals surface area contributed by atoms with E-state index in [1.165, 1.54) is 0 Å². The lowest BCUT2D eigenvalue weighted by Gasteiger charge is -2.31. The van der Waals surface area contributed by atoms with E-state index >= 15 is 0 Å². The van der Waals surface area contributed by atoms with Gasteiger partial charge in [-0.25, -0.2) is 0 Å². The van der Waals surface area contributed by atoms with Crippen molar-refractivity contribution >= 4 is 17.2 Å². The van der Waals surface area contributed by atoms with Crippen LogP contribution in [0, 0.1) is 0 Å². The Balaban J connectivity index is 1.92. The molecule has 0 saturated heterocycles. The predicted octanol–water partition coefficient (Wildman–Crippen LogP) is 3.11. The van der Waals surface area contributed by atoms with Gasteiger partial charge in [-0.1, -0.05) is 19.1 Å². The number of ether oxygens (including phenoxy) is 1. The van der Waals surface area contributed by atoms with Crippen LogP contribution in [0.15, 0.2) is 42.5 Å². The third-order valence-electron chi connectivity index (χ3n) is 3.82. The maximum Gasteiger partial charge on any atom is 0.193 e. The Morgan fingerprint density at radius 1 is 1.23 bits per heavy atom. The van der Waals surface area contributed by atoms with Crippen molar-refractivity contribution in [1.29, 1.82) is 0 Å². The fraction of sp³-hybridized carbons (Fsp3) is 0.278. The van der Waals surface area contributed by atoms with Crippen LogP contribution in [-0.4, -0.2) is 25.5 Å². The first-order valence-electron chi connectivity index (χ1n) is 7.61. The van der Waals surface area contributed by atoms with Crippen LogP contribution in [0.25, 0.3) is 0 Å². The largest absolute Gasteiger partial charge is 0.490 e. The van der Waals surface area contributed by atoms with Gasteiger partial charge in [0.25, 0.3) is 0 Å². The number of fused-ring (bicyclic) bond motifs is 1. The fourth-order valence-electron chi connectivity index (χ4n) is 2.77. The standard InChI is InChI=1S/C18H20N2O2/c1-2-8-20-9-10-22-17-12-14(6-7-16(17)20)18(21)13-4-3-5-15(19)11-13/h3-7,11-12H,2,8-10,19H2,1H3. The summed E-state index contributed by atoms with van der Waals surface area (Å²) in [5.41, 5.74) is 8.64. The molecule has 0 spiro atoms. The Morgan fingerprint density at radius 3 is 2.82 bits per heavy atom. The van der Waals surface area contributed by atoms with Crippen LogP contribution in [0.2, 0.25) is 0 Å². The molecule has 0 atom stereocenters. The zero-order valence-electron chi connectivity index (χ0n) is 12.7. The van der Waals surface area contributed by atoms with Crippen LogP contribution < -0.4 is 15.4 Å². The molecule has 2 aromatic carbocycles. The van der Waals surface area contributed by atoms with Gasteiger partial charge in [0.1, 0.15) is 12.4 Å². The van der Waals surface area contributed by atoms with E-state index in [0.717, 1.165) is 30.9 Å². The van der Waals surface area contributed by atoms with E-state index in [9.17, 15) is 4.79 Å². The number of carbonyl (C=O) groups is 1. The van der Waals surface area contributed by atoms with Gasteiger partial charge in [0.2, 0.25) is 0 Å². The van der Waals surface area contributed by atoms with Crippen LogP contribution in [0.5, 0.6) is 5.75 Å². The number of hydrogen-bond donors (Lipinski definition) is 1. The summed E-state index contributed by atoms with van der Waals surface area (Å²) >= 11 is 0. The van der Waals surface area contributed by atoms with E-state index in [-0.39, 0.29) is 5.78 Å². The van der Waals surface area contributed by atoms with E-state index < -0.39 is 0 Å². The van der Waals surface area contributed by atoms with Gasteiger partial charge >= 0.3 is 0 Å².